The van der Waals surface area contributed by atoms with Gasteiger partial charge in [-0.05, 0) is 38.3 Å². The van der Waals surface area contributed by atoms with Crippen LogP contribution in [0.4, 0.5) is 23.4 Å². The van der Waals surface area contributed by atoms with Gasteiger partial charge in [-0.15, -0.1) is 5.48 Å². The molecule has 0 aromatic carbocycles. The monoisotopic (exact) mass is 451 g/mol. The van der Waals surface area contributed by atoms with Gasteiger partial charge in [0, 0.05) is 48.9 Å². The molecule has 3 unspecified atom stereocenters. The fraction of sp³-hybridized carbons (Fsp3) is 0.609. The van der Waals surface area contributed by atoms with Crippen LogP contribution in [0.15, 0.2) is 24.0 Å². The Hall–Kier alpha value is -2.85. The van der Waals surface area contributed by atoms with Gasteiger partial charge in [-0.2, -0.15) is 15.1 Å². The number of likely N-dealkylation sites (N-methyl/N-ethyl adjacent to an activating group) is 1. The predicted molar refractivity (Wildman–Crippen MR) is 127 cm³/mol. The molecule has 4 aliphatic rings. The molecule has 2 bridgehead atoms. The molecule has 5 heterocycles. The Balaban J connectivity index is 1.22. The van der Waals surface area contributed by atoms with E-state index in [0.29, 0.717) is 36.4 Å². The van der Waals surface area contributed by atoms with Gasteiger partial charge in [0.2, 0.25) is 5.95 Å². The molecule has 10 heteroatoms. The largest absolute Gasteiger partial charge is 0.411 e. The first kappa shape index (κ1) is 20.7. The molecule has 4 N–H and O–H groups in total. The van der Waals surface area contributed by atoms with Crippen molar-refractivity contribution in [3.63, 3.8) is 0 Å². The van der Waals surface area contributed by atoms with Crippen LogP contribution in [0.1, 0.15) is 44.7 Å². The highest BCUT2D eigenvalue weighted by atomic mass is 16.7. The average Bonchev–Trinajstić information content (AvgIpc) is 3.16. The molecule has 3 atom stereocenters. The number of H-pyrrole nitrogens is 1. The lowest BCUT2D eigenvalue weighted by Crippen LogP contribution is -2.45. The van der Waals surface area contributed by atoms with E-state index in [-0.39, 0.29) is 6.04 Å². The summed E-state index contributed by atoms with van der Waals surface area (Å²) in [7, 11) is 2.21. The summed E-state index contributed by atoms with van der Waals surface area (Å²) in [5, 5.41) is 14.3. The number of hydroxylamine groups is 1. The van der Waals surface area contributed by atoms with E-state index in [1.807, 2.05) is 6.07 Å². The minimum absolute atomic E-state index is 0.226. The molecule has 3 aliphatic heterocycles. The van der Waals surface area contributed by atoms with Crippen LogP contribution < -0.4 is 21.0 Å². The molecule has 6 rings (SSSR count). The Morgan fingerprint density at radius 2 is 2.03 bits per heavy atom. The number of aromatic nitrogens is 4. The smallest absolute Gasteiger partial charge is 0.227 e. The summed E-state index contributed by atoms with van der Waals surface area (Å²) in [6.45, 7) is 6.95. The first-order valence-corrected chi connectivity index (χ1v) is 12.1. The summed E-state index contributed by atoms with van der Waals surface area (Å²) in [4.78, 5) is 20.1. The molecule has 0 radical (unpaired) electrons. The number of nitrogens with one attached hydrogen (secondary N) is 4. The second-order valence-corrected chi connectivity index (χ2v) is 10.2. The minimum Gasteiger partial charge on any atom is -0.411 e. The van der Waals surface area contributed by atoms with Crippen LogP contribution in [-0.4, -0.2) is 69.9 Å². The maximum atomic E-state index is 5.64. The van der Waals surface area contributed by atoms with E-state index in [9.17, 15) is 0 Å². The van der Waals surface area contributed by atoms with E-state index in [4.69, 9.17) is 14.8 Å². The number of rotatable bonds is 8. The molecule has 2 saturated heterocycles. The normalized spacial score (nSPS) is 26.7. The van der Waals surface area contributed by atoms with E-state index in [1.54, 1.807) is 0 Å². The van der Waals surface area contributed by atoms with Crippen LogP contribution in [0.5, 0.6) is 0 Å². The molecule has 3 fully saturated rings. The van der Waals surface area contributed by atoms with Crippen molar-refractivity contribution in [2.24, 2.45) is 5.92 Å². The molecule has 2 aromatic heterocycles. The van der Waals surface area contributed by atoms with Crippen molar-refractivity contribution in [2.45, 2.75) is 57.2 Å². The molecule has 0 spiro atoms. The van der Waals surface area contributed by atoms with Gasteiger partial charge in [0.1, 0.15) is 17.4 Å². The van der Waals surface area contributed by atoms with Gasteiger partial charge in [-0.1, -0.05) is 13.8 Å². The lowest BCUT2D eigenvalue weighted by molar-refractivity contribution is 0.104. The Kier molecular flexibility index (Phi) is 5.14. The van der Waals surface area contributed by atoms with E-state index in [0.717, 1.165) is 36.3 Å². The van der Waals surface area contributed by atoms with E-state index < -0.39 is 0 Å². The van der Waals surface area contributed by atoms with E-state index >= 15 is 0 Å². The molecule has 10 nitrogen and oxygen atoms in total. The van der Waals surface area contributed by atoms with Crippen LogP contribution in [0.3, 0.4) is 0 Å². The van der Waals surface area contributed by atoms with Crippen LogP contribution in [0, 0.1) is 5.92 Å². The van der Waals surface area contributed by atoms with Crippen molar-refractivity contribution in [3.05, 3.63) is 29.7 Å². The number of likely N-dealkylation sites (tertiary alicyclic amines) is 1. The van der Waals surface area contributed by atoms with Gasteiger partial charge < -0.3 is 20.4 Å². The number of hydrogen-bond donors (Lipinski definition) is 4. The quantitative estimate of drug-likeness (QED) is 0.482. The Bertz CT molecular complexity index is 1040. The molecule has 33 heavy (non-hydrogen) atoms. The summed E-state index contributed by atoms with van der Waals surface area (Å²) in [5.74, 6) is 5.03. The lowest BCUT2D eigenvalue weighted by atomic mass is 10.1. The summed E-state index contributed by atoms with van der Waals surface area (Å²) in [5.41, 5.74) is 4.27. The highest BCUT2D eigenvalue weighted by Gasteiger charge is 2.42. The highest BCUT2D eigenvalue weighted by Crippen LogP contribution is 2.40. The molecule has 1 saturated carbocycles. The van der Waals surface area contributed by atoms with Crippen LogP contribution in [0.25, 0.3) is 0 Å². The minimum atomic E-state index is 0.226. The molecule has 176 valence electrons. The number of nitrogens with zero attached hydrogens (tertiary/aromatic N) is 5. The van der Waals surface area contributed by atoms with Crippen molar-refractivity contribution >= 4 is 23.4 Å². The maximum absolute atomic E-state index is 5.64. The number of anilines is 4. The summed E-state index contributed by atoms with van der Waals surface area (Å²) < 4.78 is 0. The van der Waals surface area contributed by atoms with Gasteiger partial charge in [0.05, 0.1) is 12.6 Å². The standard InChI is InChI=1S/C23H33N9O/c1-13(2)18-7-17(33-30-18)10-24-23-26-20(25-21-8-19(28-29-21)14-4-5-14)9-22(27-23)32-12-15-6-16(32)11-31(15)3/h7-9,13-16,18,30H,4-6,10-12H2,1-3H3,(H3,24,25,26,27,28,29). The second-order valence-electron chi connectivity index (χ2n) is 10.2. The van der Waals surface area contributed by atoms with Gasteiger partial charge in [-0.25, -0.2) is 0 Å². The van der Waals surface area contributed by atoms with Crippen LogP contribution >= 0.6 is 0 Å². The molecule has 1 aliphatic carbocycles. The highest BCUT2D eigenvalue weighted by molar-refractivity contribution is 5.61. The molecule has 0 amide bonds. The maximum Gasteiger partial charge on any atom is 0.227 e. The molecule has 2 aromatic rings. The third-order valence-electron chi connectivity index (χ3n) is 7.22. The SMILES string of the molecule is CC(C)C1C=C(CNc2nc(Nc3cc(C4CC4)[nH]n3)cc(N3CC4CC3CN4C)n2)ON1. The Labute approximate surface area is 194 Å². The Morgan fingerprint density at radius 3 is 2.73 bits per heavy atom. The fourth-order valence-electron chi connectivity index (χ4n) is 5.01. The third-order valence-corrected chi connectivity index (χ3v) is 7.22. The number of hydrogen-bond acceptors (Lipinski definition) is 9. The summed E-state index contributed by atoms with van der Waals surface area (Å²) >= 11 is 0. The van der Waals surface area contributed by atoms with Gasteiger partial charge >= 0.3 is 0 Å². The van der Waals surface area contributed by atoms with Crippen molar-refractivity contribution in [3.8, 4) is 0 Å². The lowest BCUT2D eigenvalue weighted by Gasteiger charge is -2.33. The van der Waals surface area contributed by atoms with E-state index in [1.165, 1.54) is 25.0 Å². The van der Waals surface area contributed by atoms with Crippen molar-refractivity contribution in [1.82, 2.24) is 30.5 Å². The van der Waals surface area contributed by atoms with Gasteiger partial charge in [-0.3, -0.25) is 10.00 Å². The first-order valence-electron chi connectivity index (χ1n) is 12.1. The number of aromatic amines is 1. The van der Waals surface area contributed by atoms with Gasteiger partial charge in [0.15, 0.2) is 5.82 Å². The van der Waals surface area contributed by atoms with Crippen LogP contribution in [0.2, 0.25) is 0 Å². The first-order chi connectivity index (χ1) is 16.0. The average molecular weight is 452 g/mol. The second kappa shape index (κ2) is 8.18. The van der Waals surface area contributed by atoms with Crippen molar-refractivity contribution in [2.75, 3.05) is 42.2 Å². The zero-order valence-electron chi connectivity index (χ0n) is 19.5. The molecular formula is C23H33N9O. The van der Waals surface area contributed by atoms with Gasteiger partial charge in [0.25, 0.3) is 0 Å². The zero-order valence-corrected chi connectivity index (χ0v) is 19.5. The van der Waals surface area contributed by atoms with Crippen LogP contribution in [-0.2, 0) is 4.84 Å². The zero-order chi connectivity index (χ0) is 22.5. The topological polar surface area (TPSA) is 106 Å². The summed E-state index contributed by atoms with van der Waals surface area (Å²) in [6, 6.07) is 5.46. The fourth-order valence-corrected chi connectivity index (χ4v) is 5.01. The van der Waals surface area contributed by atoms with Crippen molar-refractivity contribution in [1.29, 1.82) is 0 Å². The Morgan fingerprint density at radius 1 is 1.15 bits per heavy atom. The number of piperazine rings is 1. The summed E-state index contributed by atoms with van der Waals surface area (Å²) in [6.07, 6.45) is 5.80. The predicted octanol–water partition coefficient (Wildman–Crippen LogP) is 2.57. The number of fused-ring (bicyclic) bond motifs is 2. The van der Waals surface area contributed by atoms with E-state index in [2.05, 4.69) is 69.1 Å². The third kappa shape index (κ3) is 4.24. The molecular weight excluding hydrogens is 418 g/mol. The van der Waals surface area contributed by atoms with Crippen molar-refractivity contribution < 1.29 is 4.84 Å².